The maximum absolute atomic E-state index is 13.2. The van der Waals surface area contributed by atoms with Crippen LogP contribution >= 0.6 is 0 Å². The quantitative estimate of drug-likeness (QED) is 0.816. The van der Waals surface area contributed by atoms with Gasteiger partial charge in [-0.25, -0.2) is 9.67 Å². The second-order valence-electron chi connectivity index (χ2n) is 5.45. The number of rotatable bonds is 6. The number of amides is 1. The highest BCUT2D eigenvalue weighted by Crippen LogP contribution is 2.36. The van der Waals surface area contributed by atoms with Gasteiger partial charge in [-0.2, -0.15) is 18.3 Å². The average Bonchev–Trinajstić information content (AvgIpc) is 2.78. The fourth-order valence-corrected chi connectivity index (χ4v) is 2.45. The first-order valence-electron chi connectivity index (χ1n) is 7.41. The molecule has 132 valence electrons. The first-order valence-corrected chi connectivity index (χ1v) is 7.41. The van der Waals surface area contributed by atoms with Crippen molar-refractivity contribution in [1.82, 2.24) is 20.1 Å². The molecule has 0 aliphatic carbocycles. The Labute approximate surface area is 137 Å². The largest absolute Gasteiger partial charge is 0.417 e. The van der Waals surface area contributed by atoms with E-state index in [0.29, 0.717) is 19.6 Å². The number of methoxy groups -OCH3 is 1. The Balaban J connectivity index is 2.29. The number of carbonyl (C=O) groups excluding carboxylic acids is 1. The Hall–Kier alpha value is -2.16. The van der Waals surface area contributed by atoms with E-state index in [0.717, 1.165) is 6.07 Å². The van der Waals surface area contributed by atoms with Gasteiger partial charge in [0.1, 0.15) is 6.54 Å². The summed E-state index contributed by atoms with van der Waals surface area (Å²) in [6.45, 7) is 3.70. The van der Waals surface area contributed by atoms with Gasteiger partial charge in [-0.15, -0.1) is 0 Å². The van der Waals surface area contributed by atoms with Crippen molar-refractivity contribution in [3.8, 4) is 0 Å². The molecule has 0 unspecified atom stereocenters. The predicted molar refractivity (Wildman–Crippen MR) is 81.5 cm³/mol. The maximum atomic E-state index is 13.2. The lowest BCUT2D eigenvalue weighted by Crippen LogP contribution is -2.29. The molecule has 0 saturated heterocycles. The molecule has 0 radical (unpaired) electrons. The number of pyridine rings is 1. The van der Waals surface area contributed by atoms with Gasteiger partial charge in [0, 0.05) is 26.0 Å². The molecule has 2 aromatic heterocycles. The Kier molecular flexibility index (Phi) is 5.43. The van der Waals surface area contributed by atoms with Crippen LogP contribution in [-0.4, -0.2) is 40.9 Å². The summed E-state index contributed by atoms with van der Waals surface area (Å²) in [4.78, 5) is 16.1. The predicted octanol–water partition coefficient (Wildman–Crippen LogP) is 2.22. The van der Waals surface area contributed by atoms with E-state index < -0.39 is 11.7 Å². The van der Waals surface area contributed by atoms with Gasteiger partial charge in [-0.3, -0.25) is 4.79 Å². The normalized spacial score (nSPS) is 11.9. The molecule has 6 nitrogen and oxygen atoms in total. The summed E-state index contributed by atoms with van der Waals surface area (Å²) in [5.74, 6) is -0.340. The first kappa shape index (κ1) is 18.2. The molecule has 9 heteroatoms. The molecule has 0 spiro atoms. The van der Waals surface area contributed by atoms with Crippen molar-refractivity contribution in [2.24, 2.45) is 0 Å². The van der Waals surface area contributed by atoms with Gasteiger partial charge >= 0.3 is 6.18 Å². The van der Waals surface area contributed by atoms with E-state index in [2.05, 4.69) is 15.4 Å². The molecule has 2 aromatic rings. The summed E-state index contributed by atoms with van der Waals surface area (Å²) in [6.07, 6.45) is -3.86. The van der Waals surface area contributed by atoms with Crippen molar-refractivity contribution in [3.63, 3.8) is 0 Å². The molecule has 1 N–H and O–H groups in total. The number of aromatic nitrogens is 3. The van der Waals surface area contributed by atoms with E-state index in [1.165, 1.54) is 18.5 Å². The van der Waals surface area contributed by atoms with Crippen molar-refractivity contribution >= 4 is 16.9 Å². The second kappa shape index (κ2) is 7.16. The zero-order valence-corrected chi connectivity index (χ0v) is 13.7. The first-order chi connectivity index (χ1) is 11.2. The fraction of sp³-hybridized carbons (Fsp3) is 0.533. The van der Waals surface area contributed by atoms with Gasteiger partial charge in [0.05, 0.1) is 16.6 Å². The van der Waals surface area contributed by atoms with E-state index >= 15 is 0 Å². The smallest absolute Gasteiger partial charge is 0.385 e. The van der Waals surface area contributed by atoms with Crippen LogP contribution in [0.2, 0.25) is 0 Å². The number of hydrogen-bond donors (Lipinski definition) is 1. The molecule has 0 aliphatic rings. The molecule has 0 fully saturated rings. The maximum Gasteiger partial charge on any atom is 0.417 e. The van der Waals surface area contributed by atoms with Crippen LogP contribution in [0.3, 0.4) is 0 Å². The molecule has 24 heavy (non-hydrogen) atoms. The molecule has 0 bridgehead atoms. The number of ether oxygens (including phenoxy) is 1. The number of fused-ring (bicyclic) bond motifs is 1. The van der Waals surface area contributed by atoms with Crippen LogP contribution in [0, 0.1) is 13.8 Å². The molecule has 1 amide bonds. The summed E-state index contributed by atoms with van der Waals surface area (Å²) in [5, 5.41) is 6.66. The van der Waals surface area contributed by atoms with Gasteiger partial charge in [-0.1, -0.05) is 0 Å². The number of aryl methyl sites for hydroxylation is 2. The van der Waals surface area contributed by atoms with Crippen molar-refractivity contribution in [2.45, 2.75) is 33.0 Å². The van der Waals surface area contributed by atoms with Crippen molar-refractivity contribution < 1.29 is 22.7 Å². The summed E-state index contributed by atoms with van der Waals surface area (Å²) in [5.41, 5.74) is -0.311. The molecular weight excluding hydrogens is 325 g/mol. The number of nitrogens with zero attached hydrogens (tertiary/aromatic N) is 3. The third-order valence-corrected chi connectivity index (χ3v) is 3.45. The third-order valence-electron chi connectivity index (χ3n) is 3.45. The highest BCUT2D eigenvalue weighted by atomic mass is 19.4. The minimum atomic E-state index is -4.51. The summed E-state index contributed by atoms with van der Waals surface area (Å²) >= 11 is 0. The minimum absolute atomic E-state index is 0.0619. The SMILES string of the molecule is COCCCNC(=O)Cn1nc(C)c2c(C(F)(F)F)cc(C)nc21. The summed E-state index contributed by atoms with van der Waals surface area (Å²) < 4.78 is 45.8. The number of carbonyl (C=O) groups is 1. The van der Waals surface area contributed by atoms with Crippen molar-refractivity contribution in [2.75, 3.05) is 20.3 Å². The lowest BCUT2D eigenvalue weighted by atomic mass is 10.1. The topological polar surface area (TPSA) is 69.0 Å². The monoisotopic (exact) mass is 344 g/mol. The van der Waals surface area contributed by atoms with Crippen LogP contribution in [0.25, 0.3) is 11.0 Å². The fourth-order valence-electron chi connectivity index (χ4n) is 2.45. The Morgan fingerprint density at radius 2 is 2.08 bits per heavy atom. The van der Waals surface area contributed by atoms with Gasteiger partial charge in [0.2, 0.25) is 5.91 Å². The zero-order chi connectivity index (χ0) is 17.9. The van der Waals surface area contributed by atoms with Crippen LogP contribution in [0.1, 0.15) is 23.4 Å². The van der Waals surface area contributed by atoms with Crippen molar-refractivity contribution in [3.05, 3.63) is 23.0 Å². The molecule has 0 aromatic carbocycles. The molecular formula is C15H19F3N4O2. The van der Waals surface area contributed by atoms with Crippen LogP contribution in [0.15, 0.2) is 6.07 Å². The standard InChI is InChI=1S/C15H19F3N4O2/c1-9-7-11(15(16,17)18)13-10(2)21-22(14(13)20-9)8-12(23)19-5-4-6-24-3/h7H,4-6,8H2,1-3H3,(H,19,23). The van der Waals surface area contributed by atoms with E-state index in [9.17, 15) is 18.0 Å². The third kappa shape index (κ3) is 4.02. The molecule has 0 atom stereocenters. The lowest BCUT2D eigenvalue weighted by molar-refractivity contribution is -0.136. The summed E-state index contributed by atoms with van der Waals surface area (Å²) in [7, 11) is 1.56. The van der Waals surface area contributed by atoms with E-state index in [4.69, 9.17) is 4.74 Å². The number of halogens is 3. The molecule has 2 rings (SSSR count). The summed E-state index contributed by atoms with van der Waals surface area (Å²) in [6, 6.07) is 0.992. The van der Waals surface area contributed by atoms with Crippen molar-refractivity contribution in [1.29, 1.82) is 0 Å². The highest BCUT2D eigenvalue weighted by molar-refractivity contribution is 5.85. The van der Waals surface area contributed by atoms with Gasteiger partial charge in [-0.05, 0) is 26.3 Å². The number of hydrogen-bond acceptors (Lipinski definition) is 4. The van der Waals surface area contributed by atoms with Crippen LogP contribution in [0.5, 0.6) is 0 Å². The molecule has 2 heterocycles. The average molecular weight is 344 g/mol. The number of alkyl halides is 3. The van der Waals surface area contributed by atoms with E-state index in [1.807, 2.05) is 0 Å². The van der Waals surface area contributed by atoms with Gasteiger partial charge in [0.15, 0.2) is 5.65 Å². The Bertz CT molecular complexity index is 740. The van der Waals surface area contributed by atoms with E-state index in [1.54, 1.807) is 7.11 Å². The van der Waals surface area contributed by atoms with E-state index in [-0.39, 0.29) is 34.9 Å². The lowest BCUT2D eigenvalue weighted by Gasteiger charge is -2.10. The van der Waals surface area contributed by atoms with Gasteiger partial charge < -0.3 is 10.1 Å². The Morgan fingerprint density at radius 3 is 2.71 bits per heavy atom. The Morgan fingerprint density at radius 1 is 1.38 bits per heavy atom. The molecule has 0 aliphatic heterocycles. The van der Waals surface area contributed by atoms with Crippen LogP contribution < -0.4 is 5.32 Å². The minimum Gasteiger partial charge on any atom is -0.385 e. The second-order valence-corrected chi connectivity index (χ2v) is 5.45. The van der Waals surface area contributed by atoms with Crippen LogP contribution in [0.4, 0.5) is 13.2 Å². The molecule has 0 saturated carbocycles. The number of nitrogens with one attached hydrogen (secondary N) is 1. The van der Waals surface area contributed by atoms with Gasteiger partial charge in [0.25, 0.3) is 0 Å². The zero-order valence-electron chi connectivity index (χ0n) is 13.7. The highest BCUT2D eigenvalue weighted by Gasteiger charge is 2.35. The van der Waals surface area contributed by atoms with Crippen LogP contribution in [-0.2, 0) is 22.3 Å².